The second-order valence-electron chi connectivity index (χ2n) is 6.18. The van der Waals surface area contributed by atoms with E-state index in [0.717, 1.165) is 5.56 Å². The first kappa shape index (κ1) is 18.0. The van der Waals surface area contributed by atoms with Crippen LogP contribution in [-0.4, -0.2) is 30.0 Å². The molecule has 0 unspecified atom stereocenters. The number of aromatic nitrogens is 1. The maximum absolute atomic E-state index is 12.4. The molecule has 0 saturated heterocycles. The van der Waals surface area contributed by atoms with Gasteiger partial charge < -0.3 is 14.8 Å². The lowest BCUT2D eigenvalue weighted by molar-refractivity contribution is -0.122. The molecule has 28 heavy (non-hydrogen) atoms. The van der Waals surface area contributed by atoms with Gasteiger partial charge in [-0.2, -0.15) is 0 Å². The Morgan fingerprint density at radius 2 is 2.14 bits per heavy atom. The average molecular weight is 395 g/mol. The van der Waals surface area contributed by atoms with Gasteiger partial charge in [-0.25, -0.2) is 4.98 Å². The van der Waals surface area contributed by atoms with E-state index in [9.17, 15) is 9.59 Å². The predicted molar refractivity (Wildman–Crippen MR) is 107 cm³/mol. The Labute approximate surface area is 165 Å². The lowest BCUT2D eigenvalue weighted by Gasteiger charge is -2.23. The van der Waals surface area contributed by atoms with Crippen molar-refractivity contribution in [3.8, 4) is 22.8 Å². The van der Waals surface area contributed by atoms with Gasteiger partial charge in [0, 0.05) is 16.5 Å². The summed E-state index contributed by atoms with van der Waals surface area (Å²) in [7, 11) is 1.55. The molecule has 0 radical (unpaired) electrons. The first-order valence-electron chi connectivity index (χ1n) is 8.56. The van der Waals surface area contributed by atoms with Gasteiger partial charge in [-0.3, -0.25) is 14.9 Å². The van der Waals surface area contributed by atoms with Crippen LogP contribution in [0.3, 0.4) is 0 Å². The zero-order valence-electron chi connectivity index (χ0n) is 15.2. The quantitative estimate of drug-likeness (QED) is 0.702. The van der Waals surface area contributed by atoms with Crippen LogP contribution in [-0.2, 0) is 4.79 Å². The molecule has 1 aliphatic rings. The molecule has 8 heteroatoms. The molecule has 2 amide bonds. The van der Waals surface area contributed by atoms with Gasteiger partial charge in [-0.05, 0) is 43.3 Å². The van der Waals surface area contributed by atoms with Crippen molar-refractivity contribution in [1.82, 2.24) is 4.98 Å². The largest absolute Gasteiger partial charge is 0.497 e. The highest BCUT2D eigenvalue weighted by molar-refractivity contribution is 7.14. The van der Waals surface area contributed by atoms with Crippen molar-refractivity contribution in [2.45, 2.75) is 13.0 Å². The highest BCUT2D eigenvalue weighted by Gasteiger charge is 2.24. The summed E-state index contributed by atoms with van der Waals surface area (Å²) in [5.41, 5.74) is 2.60. The van der Waals surface area contributed by atoms with Crippen molar-refractivity contribution in [3.05, 3.63) is 53.4 Å². The number of fused-ring (bicyclic) bond motifs is 1. The Morgan fingerprint density at radius 3 is 2.96 bits per heavy atom. The summed E-state index contributed by atoms with van der Waals surface area (Å²) in [6, 6.07) is 12.4. The first-order valence-corrected chi connectivity index (χ1v) is 9.44. The smallest absolute Gasteiger partial charge is 0.265 e. The van der Waals surface area contributed by atoms with Crippen LogP contribution in [0.5, 0.6) is 11.5 Å². The summed E-state index contributed by atoms with van der Waals surface area (Å²) in [4.78, 5) is 28.7. The minimum Gasteiger partial charge on any atom is -0.497 e. The molecule has 142 valence electrons. The summed E-state index contributed by atoms with van der Waals surface area (Å²) >= 11 is 1.32. The van der Waals surface area contributed by atoms with E-state index in [4.69, 9.17) is 9.47 Å². The summed E-state index contributed by atoms with van der Waals surface area (Å²) in [5, 5.41) is 7.94. The van der Waals surface area contributed by atoms with Crippen LogP contribution in [0.4, 0.5) is 10.8 Å². The fraction of sp³-hybridized carbons (Fsp3) is 0.150. The lowest BCUT2D eigenvalue weighted by Crippen LogP contribution is -2.34. The monoisotopic (exact) mass is 395 g/mol. The van der Waals surface area contributed by atoms with E-state index in [-0.39, 0.29) is 11.8 Å². The SMILES string of the molecule is COc1cccc(C(=O)Nc2nc(-c3ccc4c(c3)NC(=O)[C@H](C)O4)cs2)c1. The summed E-state index contributed by atoms with van der Waals surface area (Å²) < 4.78 is 10.7. The topological polar surface area (TPSA) is 89.5 Å². The number of thiazole rings is 1. The fourth-order valence-electron chi connectivity index (χ4n) is 2.77. The van der Waals surface area contributed by atoms with E-state index < -0.39 is 6.10 Å². The van der Waals surface area contributed by atoms with Gasteiger partial charge in [0.1, 0.15) is 11.5 Å². The Morgan fingerprint density at radius 1 is 1.29 bits per heavy atom. The second kappa shape index (κ2) is 7.32. The van der Waals surface area contributed by atoms with Crippen molar-refractivity contribution >= 4 is 34.0 Å². The number of carbonyl (C=O) groups is 2. The predicted octanol–water partition coefficient (Wildman–Crippen LogP) is 3.79. The van der Waals surface area contributed by atoms with Crippen LogP contribution in [0.15, 0.2) is 47.8 Å². The van der Waals surface area contributed by atoms with Crippen LogP contribution < -0.4 is 20.1 Å². The van der Waals surface area contributed by atoms with E-state index in [2.05, 4.69) is 15.6 Å². The van der Waals surface area contributed by atoms with Gasteiger partial charge in [-0.15, -0.1) is 11.3 Å². The molecular formula is C20H17N3O4S. The number of benzene rings is 2. The Bertz CT molecular complexity index is 1060. The van der Waals surface area contributed by atoms with Gasteiger partial charge in [0.15, 0.2) is 11.2 Å². The van der Waals surface area contributed by atoms with Gasteiger partial charge >= 0.3 is 0 Å². The van der Waals surface area contributed by atoms with Gasteiger partial charge in [0.05, 0.1) is 18.5 Å². The highest BCUT2D eigenvalue weighted by atomic mass is 32.1. The van der Waals surface area contributed by atoms with E-state index in [1.54, 1.807) is 44.4 Å². The molecular weight excluding hydrogens is 378 g/mol. The summed E-state index contributed by atoms with van der Waals surface area (Å²) in [6.07, 6.45) is -0.518. The molecule has 2 N–H and O–H groups in total. The molecule has 4 rings (SSSR count). The molecule has 2 aromatic carbocycles. The number of nitrogens with zero attached hydrogens (tertiary/aromatic N) is 1. The van der Waals surface area contributed by atoms with Gasteiger partial charge in [0.25, 0.3) is 11.8 Å². The third-order valence-electron chi connectivity index (χ3n) is 4.26. The van der Waals surface area contributed by atoms with Gasteiger partial charge in [-0.1, -0.05) is 6.07 Å². The number of hydrogen-bond donors (Lipinski definition) is 2. The van der Waals surface area contributed by atoms with Crippen LogP contribution in [0.25, 0.3) is 11.3 Å². The maximum Gasteiger partial charge on any atom is 0.265 e. The molecule has 0 aliphatic carbocycles. The molecule has 1 aromatic heterocycles. The highest BCUT2D eigenvalue weighted by Crippen LogP contribution is 2.35. The van der Waals surface area contributed by atoms with Crippen LogP contribution >= 0.6 is 11.3 Å². The minimum absolute atomic E-state index is 0.186. The molecule has 1 atom stereocenters. The zero-order valence-corrected chi connectivity index (χ0v) is 16.0. The molecule has 1 aliphatic heterocycles. The third kappa shape index (κ3) is 3.54. The number of carbonyl (C=O) groups excluding carboxylic acids is 2. The third-order valence-corrected chi connectivity index (χ3v) is 5.02. The number of ether oxygens (including phenoxy) is 2. The molecule has 0 saturated carbocycles. The Balaban J connectivity index is 1.52. The second-order valence-corrected chi connectivity index (χ2v) is 7.04. The number of methoxy groups -OCH3 is 1. The number of amides is 2. The number of hydrogen-bond acceptors (Lipinski definition) is 6. The van der Waals surface area contributed by atoms with E-state index in [1.807, 2.05) is 17.5 Å². The summed E-state index contributed by atoms with van der Waals surface area (Å²) in [5.74, 6) is 0.784. The van der Waals surface area contributed by atoms with Crippen molar-refractivity contribution < 1.29 is 19.1 Å². The van der Waals surface area contributed by atoms with Crippen molar-refractivity contribution in [2.24, 2.45) is 0 Å². The Hall–Kier alpha value is -3.39. The summed E-state index contributed by atoms with van der Waals surface area (Å²) in [6.45, 7) is 1.70. The molecule has 7 nitrogen and oxygen atoms in total. The van der Waals surface area contributed by atoms with E-state index >= 15 is 0 Å². The number of anilines is 2. The Kier molecular flexibility index (Phi) is 4.70. The standard InChI is InChI=1S/C20H17N3O4S/c1-11-18(24)21-15-9-12(6-7-17(15)27-11)16-10-28-20(22-16)23-19(25)13-4-3-5-14(8-13)26-2/h3-11H,1-2H3,(H,21,24)(H,22,23,25)/t11-/m0/s1. The molecule has 0 bridgehead atoms. The first-order chi connectivity index (χ1) is 13.5. The van der Waals surface area contributed by atoms with Crippen LogP contribution in [0, 0.1) is 0 Å². The van der Waals surface area contributed by atoms with Crippen molar-refractivity contribution in [3.63, 3.8) is 0 Å². The van der Waals surface area contributed by atoms with E-state index in [1.165, 1.54) is 11.3 Å². The average Bonchev–Trinajstić information content (AvgIpc) is 3.17. The minimum atomic E-state index is -0.518. The molecule has 0 fully saturated rings. The van der Waals surface area contributed by atoms with E-state index in [0.29, 0.717) is 33.6 Å². The number of rotatable bonds is 4. The zero-order chi connectivity index (χ0) is 19.7. The van der Waals surface area contributed by atoms with Crippen LogP contribution in [0.1, 0.15) is 17.3 Å². The maximum atomic E-state index is 12.4. The van der Waals surface area contributed by atoms with Gasteiger partial charge in [0.2, 0.25) is 0 Å². The van der Waals surface area contributed by atoms with Crippen LogP contribution in [0.2, 0.25) is 0 Å². The fourth-order valence-corrected chi connectivity index (χ4v) is 3.48. The molecule has 0 spiro atoms. The van der Waals surface area contributed by atoms with Crippen molar-refractivity contribution in [2.75, 3.05) is 17.7 Å². The normalized spacial score (nSPS) is 15.2. The molecule has 2 heterocycles. The lowest BCUT2D eigenvalue weighted by atomic mass is 10.1. The molecule has 3 aromatic rings. The number of nitrogens with one attached hydrogen (secondary N) is 2. The van der Waals surface area contributed by atoms with Crippen molar-refractivity contribution in [1.29, 1.82) is 0 Å².